The zero-order valence-corrected chi connectivity index (χ0v) is 16.2. The Kier molecular flexibility index (Phi) is 7.13. The van der Waals surface area contributed by atoms with Crippen LogP contribution in [-0.2, 0) is 11.3 Å². The van der Waals surface area contributed by atoms with E-state index in [0.717, 1.165) is 58.3 Å². The van der Waals surface area contributed by atoms with Crippen LogP contribution in [0.2, 0.25) is 0 Å². The normalized spacial score (nSPS) is 24.2. The summed E-state index contributed by atoms with van der Waals surface area (Å²) in [6.07, 6.45) is 7.26. The highest BCUT2D eigenvalue weighted by Crippen LogP contribution is 2.38. The fourth-order valence-corrected chi connectivity index (χ4v) is 3.36. The Bertz CT molecular complexity index is 485. The van der Waals surface area contributed by atoms with Crippen LogP contribution >= 0.6 is 24.0 Å². The second-order valence-corrected chi connectivity index (χ2v) is 6.33. The summed E-state index contributed by atoms with van der Waals surface area (Å²) < 4.78 is 7.57. The van der Waals surface area contributed by atoms with Crippen molar-refractivity contribution in [1.82, 2.24) is 20.0 Å². The Balaban J connectivity index is 0.00000192. The van der Waals surface area contributed by atoms with Crippen LogP contribution in [0.25, 0.3) is 0 Å². The van der Waals surface area contributed by atoms with Crippen LogP contribution in [0, 0.1) is 5.41 Å². The maximum Gasteiger partial charge on any atom is 0.193 e. The van der Waals surface area contributed by atoms with Gasteiger partial charge in [0.2, 0.25) is 0 Å². The smallest absolute Gasteiger partial charge is 0.193 e. The Labute approximate surface area is 155 Å². The molecule has 23 heavy (non-hydrogen) atoms. The second kappa shape index (κ2) is 8.86. The van der Waals surface area contributed by atoms with E-state index in [9.17, 15) is 0 Å². The lowest BCUT2D eigenvalue weighted by molar-refractivity contribution is 0.156. The summed E-state index contributed by atoms with van der Waals surface area (Å²) in [6, 6.07) is 1.96. The number of halogens is 1. The first-order chi connectivity index (χ1) is 10.8. The fraction of sp³-hybridized carbons (Fsp3) is 0.750. The van der Waals surface area contributed by atoms with Crippen LogP contribution in [0.1, 0.15) is 26.2 Å². The molecule has 6 nitrogen and oxygen atoms in total. The Morgan fingerprint density at radius 1 is 1.43 bits per heavy atom. The van der Waals surface area contributed by atoms with Gasteiger partial charge in [-0.15, -0.1) is 24.0 Å². The van der Waals surface area contributed by atoms with Crippen LogP contribution in [0.15, 0.2) is 23.5 Å². The van der Waals surface area contributed by atoms with Crippen LogP contribution in [0.3, 0.4) is 0 Å². The standard InChI is InChI=1S/C16H27N5O.HI/c1-2-17-15(18-7-3-9-21-10-4-8-19-21)20-11-5-16(13-20)6-12-22-14-16;/h4,8,10H,2-3,5-7,9,11-14H2,1H3,(H,17,18);1H. The molecule has 2 aliphatic heterocycles. The van der Waals surface area contributed by atoms with Crippen molar-refractivity contribution in [2.45, 2.75) is 32.7 Å². The fourth-order valence-electron chi connectivity index (χ4n) is 3.36. The molecule has 1 N–H and O–H groups in total. The monoisotopic (exact) mass is 433 g/mol. The highest BCUT2D eigenvalue weighted by Gasteiger charge is 2.42. The number of rotatable bonds is 5. The molecule has 1 spiro atoms. The number of guanidine groups is 1. The summed E-state index contributed by atoms with van der Waals surface area (Å²) in [4.78, 5) is 7.21. The van der Waals surface area contributed by atoms with Gasteiger partial charge >= 0.3 is 0 Å². The predicted molar refractivity (Wildman–Crippen MR) is 102 cm³/mol. The molecule has 1 aromatic heterocycles. The van der Waals surface area contributed by atoms with Crippen molar-refractivity contribution in [1.29, 1.82) is 0 Å². The number of hydrogen-bond acceptors (Lipinski definition) is 3. The van der Waals surface area contributed by atoms with Gasteiger partial charge in [-0.1, -0.05) is 0 Å². The van der Waals surface area contributed by atoms with Gasteiger partial charge in [0.25, 0.3) is 0 Å². The first-order valence-corrected chi connectivity index (χ1v) is 8.40. The molecule has 0 aromatic carbocycles. The molecule has 0 amide bonds. The van der Waals surface area contributed by atoms with Crippen LogP contribution in [-0.4, -0.2) is 60.0 Å². The number of hydrogen-bond donors (Lipinski definition) is 1. The minimum absolute atomic E-state index is 0. The molecule has 7 heteroatoms. The highest BCUT2D eigenvalue weighted by molar-refractivity contribution is 14.0. The van der Waals surface area contributed by atoms with Crippen molar-refractivity contribution in [3.63, 3.8) is 0 Å². The molecule has 0 bridgehead atoms. The predicted octanol–water partition coefficient (Wildman–Crippen LogP) is 1.97. The lowest BCUT2D eigenvalue weighted by Gasteiger charge is -2.25. The molecular formula is C16H28IN5O. The van der Waals surface area contributed by atoms with Crippen molar-refractivity contribution in [3.05, 3.63) is 18.5 Å². The van der Waals surface area contributed by atoms with Gasteiger partial charge in [-0.2, -0.15) is 5.10 Å². The summed E-state index contributed by atoms with van der Waals surface area (Å²) in [5, 5.41) is 7.66. The third-order valence-electron chi connectivity index (χ3n) is 4.62. The molecule has 3 heterocycles. The molecule has 0 aliphatic carbocycles. The van der Waals surface area contributed by atoms with Crippen molar-refractivity contribution in [2.75, 3.05) is 39.4 Å². The first kappa shape index (κ1) is 18.5. The van der Waals surface area contributed by atoms with Gasteiger partial charge in [-0.3, -0.25) is 9.67 Å². The number of ether oxygens (including phenoxy) is 1. The van der Waals surface area contributed by atoms with Crippen molar-refractivity contribution < 1.29 is 4.74 Å². The zero-order chi connectivity index (χ0) is 15.3. The number of likely N-dealkylation sites (tertiary alicyclic amines) is 1. The van der Waals surface area contributed by atoms with E-state index in [4.69, 9.17) is 9.73 Å². The summed E-state index contributed by atoms with van der Waals surface area (Å²) in [5.41, 5.74) is 0.380. The molecule has 0 radical (unpaired) electrons. The SMILES string of the molecule is CCNC(=NCCCn1cccn1)N1CCC2(CCOC2)C1.I. The number of aromatic nitrogens is 2. The maximum absolute atomic E-state index is 5.61. The summed E-state index contributed by atoms with van der Waals surface area (Å²) in [5.74, 6) is 1.06. The van der Waals surface area contributed by atoms with E-state index in [1.165, 1.54) is 12.8 Å². The average molecular weight is 433 g/mol. The van der Waals surface area contributed by atoms with E-state index in [0.29, 0.717) is 5.41 Å². The molecule has 2 fully saturated rings. The van der Waals surface area contributed by atoms with E-state index in [1.807, 2.05) is 23.1 Å². The molecule has 0 saturated carbocycles. The van der Waals surface area contributed by atoms with Crippen LogP contribution in [0.5, 0.6) is 0 Å². The summed E-state index contributed by atoms with van der Waals surface area (Å²) in [7, 11) is 0. The lowest BCUT2D eigenvalue weighted by atomic mass is 9.87. The van der Waals surface area contributed by atoms with Gasteiger partial charge in [0.05, 0.1) is 6.61 Å². The topological polar surface area (TPSA) is 54.7 Å². The first-order valence-electron chi connectivity index (χ1n) is 8.40. The Morgan fingerprint density at radius 2 is 2.35 bits per heavy atom. The molecule has 130 valence electrons. The number of nitrogens with zero attached hydrogens (tertiary/aromatic N) is 4. The number of aliphatic imine (C=N–C) groups is 1. The van der Waals surface area contributed by atoms with Crippen LogP contribution in [0.4, 0.5) is 0 Å². The molecular weight excluding hydrogens is 405 g/mol. The van der Waals surface area contributed by atoms with E-state index in [-0.39, 0.29) is 24.0 Å². The molecule has 2 aliphatic rings. The molecule has 1 aromatic rings. The molecule has 1 unspecified atom stereocenters. The Morgan fingerprint density at radius 3 is 3.04 bits per heavy atom. The van der Waals surface area contributed by atoms with E-state index < -0.39 is 0 Å². The van der Waals surface area contributed by atoms with Crippen molar-refractivity contribution in [2.24, 2.45) is 10.4 Å². The lowest BCUT2D eigenvalue weighted by Crippen LogP contribution is -2.41. The van der Waals surface area contributed by atoms with Gasteiger partial charge in [-0.05, 0) is 32.3 Å². The third kappa shape index (κ3) is 4.82. The molecule has 3 rings (SSSR count). The average Bonchev–Trinajstić information content (AvgIpc) is 3.26. The maximum atomic E-state index is 5.61. The van der Waals surface area contributed by atoms with Gasteiger partial charge in [0, 0.05) is 57.1 Å². The number of nitrogens with one attached hydrogen (secondary N) is 1. The largest absolute Gasteiger partial charge is 0.381 e. The zero-order valence-electron chi connectivity index (χ0n) is 13.9. The molecule has 2 saturated heterocycles. The van der Waals surface area contributed by atoms with Crippen molar-refractivity contribution in [3.8, 4) is 0 Å². The quantitative estimate of drug-likeness (QED) is 0.334. The highest BCUT2D eigenvalue weighted by atomic mass is 127. The van der Waals surface area contributed by atoms with Crippen molar-refractivity contribution >= 4 is 29.9 Å². The molecule has 1 atom stereocenters. The minimum Gasteiger partial charge on any atom is -0.381 e. The van der Waals surface area contributed by atoms with Gasteiger partial charge in [0.15, 0.2) is 5.96 Å². The van der Waals surface area contributed by atoms with Gasteiger partial charge in [-0.25, -0.2) is 0 Å². The van der Waals surface area contributed by atoms with E-state index in [2.05, 4.69) is 22.2 Å². The summed E-state index contributed by atoms with van der Waals surface area (Å²) in [6.45, 7) is 8.82. The number of aryl methyl sites for hydroxylation is 1. The second-order valence-electron chi connectivity index (χ2n) is 6.33. The van der Waals surface area contributed by atoms with Gasteiger partial charge < -0.3 is 15.0 Å². The minimum atomic E-state index is 0. The van der Waals surface area contributed by atoms with Gasteiger partial charge in [0.1, 0.15) is 0 Å². The van der Waals surface area contributed by atoms with E-state index in [1.54, 1.807) is 0 Å². The van der Waals surface area contributed by atoms with Crippen LogP contribution < -0.4 is 5.32 Å². The Hall–Kier alpha value is -0.830. The summed E-state index contributed by atoms with van der Waals surface area (Å²) >= 11 is 0. The third-order valence-corrected chi connectivity index (χ3v) is 4.62. The van der Waals surface area contributed by atoms with E-state index >= 15 is 0 Å².